The summed E-state index contributed by atoms with van der Waals surface area (Å²) < 4.78 is 16.2. The molecule has 0 aliphatic carbocycles. The number of nitrogens with zero attached hydrogens (tertiary/aromatic N) is 1. The molecule has 3 heterocycles. The van der Waals surface area contributed by atoms with Gasteiger partial charge < -0.3 is 29.4 Å². The maximum absolute atomic E-state index is 13.6. The number of ether oxygens (including phenoxy) is 3. The molecule has 8 heteroatoms. The highest BCUT2D eigenvalue weighted by Gasteiger charge is 2.35. The molecule has 166 valence electrons. The molecule has 2 atom stereocenters. The Morgan fingerprint density at radius 2 is 2.03 bits per heavy atom. The molecule has 2 amide bonds. The standard InChI is InChI=1S/C24H25N3O5/c1-30-16-8-19-18(22(9-16)31-2)10-20(26-19)24(29)27-11-14(17-5-3-4-6-21(17)27)7-15-12-32-13-23(28)25-15/h3-6,8-10,14-15,26H,7,11-13H2,1-2H3,(H,25,28). The number of H-pyrrole nitrogens is 1. The molecule has 8 nitrogen and oxygen atoms in total. The van der Waals surface area contributed by atoms with E-state index in [0.29, 0.717) is 36.8 Å². The van der Waals surface area contributed by atoms with E-state index in [-0.39, 0.29) is 30.4 Å². The van der Waals surface area contributed by atoms with Crippen molar-refractivity contribution in [3.8, 4) is 11.5 Å². The smallest absolute Gasteiger partial charge is 0.274 e. The first-order valence-electron chi connectivity index (χ1n) is 10.6. The van der Waals surface area contributed by atoms with Crippen LogP contribution < -0.4 is 19.7 Å². The number of rotatable bonds is 5. The quantitative estimate of drug-likeness (QED) is 0.643. The van der Waals surface area contributed by atoms with E-state index in [9.17, 15) is 9.59 Å². The summed E-state index contributed by atoms with van der Waals surface area (Å²) in [6.07, 6.45) is 0.713. The topological polar surface area (TPSA) is 92.9 Å². The van der Waals surface area contributed by atoms with E-state index in [1.54, 1.807) is 25.2 Å². The van der Waals surface area contributed by atoms with Gasteiger partial charge >= 0.3 is 0 Å². The molecule has 1 aromatic heterocycles. The lowest BCUT2D eigenvalue weighted by Crippen LogP contribution is -2.46. The van der Waals surface area contributed by atoms with Gasteiger partial charge in [0.25, 0.3) is 5.91 Å². The van der Waals surface area contributed by atoms with Gasteiger partial charge in [-0.1, -0.05) is 18.2 Å². The molecular formula is C24H25N3O5. The van der Waals surface area contributed by atoms with Gasteiger partial charge in [-0.25, -0.2) is 0 Å². The highest BCUT2D eigenvalue weighted by Crippen LogP contribution is 2.40. The monoisotopic (exact) mass is 435 g/mol. The van der Waals surface area contributed by atoms with Gasteiger partial charge in [-0.2, -0.15) is 0 Å². The van der Waals surface area contributed by atoms with Crippen molar-refractivity contribution in [2.24, 2.45) is 0 Å². The summed E-state index contributed by atoms with van der Waals surface area (Å²) in [7, 11) is 3.19. The molecule has 5 rings (SSSR count). The Bertz CT molecular complexity index is 1190. The molecule has 1 saturated heterocycles. The number of hydrogen-bond donors (Lipinski definition) is 2. The number of benzene rings is 2. The second-order valence-electron chi connectivity index (χ2n) is 8.16. The Labute approximate surface area is 185 Å². The van der Waals surface area contributed by atoms with Crippen LogP contribution in [-0.4, -0.2) is 56.8 Å². The van der Waals surface area contributed by atoms with Crippen molar-refractivity contribution in [3.63, 3.8) is 0 Å². The number of carbonyl (C=O) groups excluding carboxylic acids is 2. The molecule has 32 heavy (non-hydrogen) atoms. The normalized spacial score (nSPS) is 20.2. The summed E-state index contributed by atoms with van der Waals surface area (Å²) in [5, 5.41) is 3.81. The van der Waals surface area contributed by atoms with Gasteiger partial charge in [-0.05, 0) is 24.1 Å². The van der Waals surface area contributed by atoms with E-state index in [1.165, 1.54) is 0 Å². The summed E-state index contributed by atoms with van der Waals surface area (Å²) in [6, 6.07) is 13.3. The van der Waals surface area contributed by atoms with Crippen molar-refractivity contribution in [1.82, 2.24) is 10.3 Å². The fourth-order valence-electron chi connectivity index (χ4n) is 4.69. The molecule has 0 saturated carbocycles. The Kier molecular flexibility index (Phi) is 5.22. The van der Waals surface area contributed by atoms with Crippen LogP contribution in [0.4, 0.5) is 5.69 Å². The van der Waals surface area contributed by atoms with E-state index in [2.05, 4.69) is 16.4 Å². The van der Waals surface area contributed by atoms with E-state index in [4.69, 9.17) is 14.2 Å². The molecule has 0 radical (unpaired) electrons. The second-order valence-corrected chi connectivity index (χ2v) is 8.16. The summed E-state index contributed by atoms with van der Waals surface area (Å²) >= 11 is 0. The molecule has 2 aromatic carbocycles. The van der Waals surface area contributed by atoms with Crippen LogP contribution in [0.3, 0.4) is 0 Å². The third-order valence-corrected chi connectivity index (χ3v) is 6.16. The van der Waals surface area contributed by atoms with Gasteiger partial charge in [-0.15, -0.1) is 0 Å². The van der Waals surface area contributed by atoms with Crippen molar-refractivity contribution < 1.29 is 23.8 Å². The maximum Gasteiger partial charge on any atom is 0.274 e. The molecular weight excluding hydrogens is 410 g/mol. The van der Waals surface area contributed by atoms with E-state index in [1.807, 2.05) is 30.3 Å². The van der Waals surface area contributed by atoms with E-state index in [0.717, 1.165) is 22.2 Å². The van der Waals surface area contributed by atoms with Crippen LogP contribution in [-0.2, 0) is 9.53 Å². The van der Waals surface area contributed by atoms with E-state index < -0.39 is 0 Å². The molecule has 1 fully saturated rings. The second kappa shape index (κ2) is 8.20. The molecule has 2 unspecified atom stereocenters. The van der Waals surface area contributed by atoms with Crippen molar-refractivity contribution >= 4 is 28.4 Å². The molecule has 0 bridgehead atoms. The number of amides is 2. The van der Waals surface area contributed by atoms with Crippen molar-refractivity contribution in [3.05, 3.63) is 53.7 Å². The maximum atomic E-state index is 13.6. The van der Waals surface area contributed by atoms with Crippen LogP contribution in [0, 0.1) is 0 Å². The first kappa shape index (κ1) is 20.4. The number of aromatic nitrogens is 1. The molecule has 2 aliphatic heterocycles. The fraction of sp³-hybridized carbons (Fsp3) is 0.333. The van der Waals surface area contributed by atoms with Crippen LogP contribution in [0.15, 0.2) is 42.5 Å². The van der Waals surface area contributed by atoms with Gasteiger partial charge in [0.05, 0.1) is 32.4 Å². The van der Waals surface area contributed by atoms with Gasteiger partial charge in [0.1, 0.15) is 23.8 Å². The van der Waals surface area contributed by atoms with Crippen LogP contribution in [0.25, 0.3) is 10.9 Å². The summed E-state index contributed by atoms with van der Waals surface area (Å²) in [6.45, 7) is 1.14. The minimum Gasteiger partial charge on any atom is -0.497 e. The zero-order valence-electron chi connectivity index (χ0n) is 18.0. The molecule has 3 aromatic rings. The van der Waals surface area contributed by atoms with Crippen LogP contribution >= 0.6 is 0 Å². The number of morpholine rings is 1. The van der Waals surface area contributed by atoms with Gasteiger partial charge in [0, 0.05) is 35.7 Å². The largest absolute Gasteiger partial charge is 0.497 e. The summed E-state index contributed by atoms with van der Waals surface area (Å²) in [4.78, 5) is 30.3. The number of carbonyl (C=O) groups is 2. The Morgan fingerprint density at radius 1 is 1.19 bits per heavy atom. The third kappa shape index (κ3) is 3.56. The SMILES string of the molecule is COc1cc(OC)c2cc(C(=O)N3CC(CC4COCC(=O)N4)c4ccccc43)[nH]c2c1. The third-order valence-electron chi connectivity index (χ3n) is 6.16. The van der Waals surface area contributed by atoms with Crippen LogP contribution in [0.1, 0.15) is 28.4 Å². The molecule has 2 aliphatic rings. The Balaban J connectivity index is 1.44. The first-order chi connectivity index (χ1) is 15.6. The summed E-state index contributed by atoms with van der Waals surface area (Å²) in [5.74, 6) is 1.20. The molecule has 2 N–H and O–H groups in total. The minimum atomic E-state index is -0.110. The highest BCUT2D eigenvalue weighted by molar-refractivity contribution is 6.09. The fourth-order valence-corrected chi connectivity index (χ4v) is 4.69. The number of methoxy groups -OCH3 is 2. The lowest BCUT2D eigenvalue weighted by molar-refractivity contribution is -0.131. The predicted molar refractivity (Wildman–Crippen MR) is 120 cm³/mol. The number of para-hydroxylation sites is 1. The zero-order chi connectivity index (χ0) is 22.2. The Morgan fingerprint density at radius 3 is 2.81 bits per heavy atom. The van der Waals surface area contributed by atoms with Crippen molar-refractivity contribution in [2.75, 3.05) is 38.9 Å². The number of fused-ring (bicyclic) bond motifs is 2. The average molecular weight is 435 g/mol. The predicted octanol–water partition coefficient (Wildman–Crippen LogP) is 2.83. The first-order valence-corrected chi connectivity index (χ1v) is 10.6. The van der Waals surface area contributed by atoms with Crippen LogP contribution in [0.5, 0.6) is 11.5 Å². The van der Waals surface area contributed by atoms with Gasteiger partial charge in [-0.3, -0.25) is 9.59 Å². The highest BCUT2D eigenvalue weighted by atomic mass is 16.5. The lowest BCUT2D eigenvalue weighted by Gasteiger charge is -2.26. The zero-order valence-corrected chi connectivity index (χ0v) is 18.0. The number of aromatic amines is 1. The van der Waals surface area contributed by atoms with Gasteiger partial charge in [0.15, 0.2) is 0 Å². The molecule has 0 spiro atoms. The van der Waals surface area contributed by atoms with Crippen LogP contribution in [0.2, 0.25) is 0 Å². The minimum absolute atomic E-state index is 0.0610. The van der Waals surface area contributed by atoms with Crippen molar-refractivity contribution in [2.45, 2.75) is 18.4 Å². The number of nitrogens with one attached hydrogen (secondary N) is 2. The van der Waals surface area contributed by atoms with Crippen molar-refractivity contribution in [1.29, 1.82) is 0 Å². The summed E-state index contributed by atoms with van der Waals surface area (Å²) in [5.41, 5.74) is 3.26. The number of anilines is 1. The lowest BCUT2D eigenvalue weighted by atomic mass is 9.94. The van der Waals surface area contributed by atoms with E-state index >= 15 is 0 Å². The number of hydrogen-bond acceptors (Lipinski definition) is 5. The average Bonchev–Trinajstić information content (AvgIpc) is 3.40. The Hall–Kier alpha value is -3.52. The van der Waals surface area contributed by atoms with Gasteiger partial charge in [0.2, 0.25) is 5.91 Å².